The van der Waals surface area contributed by atoms with Crippen LogP contribution >= 0.6 is 0 Å². The molecular formula is C23HF8N7. The van der Waals surface area contributed by atoms with Crippen molar-refractivity contribution in [3.63, 3.8) is 0 Å². The summed E-state index contributed by atoms with van der Waals surface area (Å²) in [5.74, 6) is -17.6. The van der Waals surface area contributed by atoms with E-state index < -0.39 is 96.5 Å². The molecule has 0 N–H and O–H groups in total. The van der Waals surface area contributed by atoms with Crippen molar-refractivity contribution in [1.29, 1.82) is 26.3 Å². The molecule has 3 aromatic rings. The first-order valence-corrected chi connectivity index (χ1v) is 9.35. The first kappa shape index (κ1) is 26.7. The van der Waals surface area contributed by atoms with Gasteiger partial charge in [-0.05, 0) is 6.07 Å². The van der Waals surface area contributed by atoms with Gasteiger partial charge in [0.15, 0.2) is 23.3 Å². The predicted molar refractivity (Wildman–Crippen MR) is 104 cm³/mol. The van der Waals surface area contributed by atoms with Crippen molar-refractivity contribution in [2.45, 2.75) is 0 Å². The molecule has 7 nitrogen and oxygen atoms in total. The smallest absolute Gasteiger partial charge is 0.201 e. The lowest BCUT2D eigenvalue weighted by Crippen LogP contribution is -2.27. The third kappa shape index (κ3) is 3.99. The standard InChI is InChI=1S/C23HF8N7/c24-16-14(17(25)21(29)37-20(16)28)10(4-34)8-1-7(2-32)13(11(5-35)9(8)3-33)12(6-36)15-18(26)22(30)38-23(31)19(15)27/h1H/b10-8-,13-12+. The highest BCUT2D eigenvalue weighted by Gasteiger charge is 2.28. The summed E-state index contributed by atoms with van der Waals surface area (Å²) in [5, 5.41) is 46.0. The van der Waals surface area contributed by atoms with E-state index in [1.54, 1.807) is 0 Å². The second kappa shape index (κ2) is 10.0. The molecule has 0 unspecified atom stereocenters. The molecule has 0 spiro atoms. The van der Waals surface area contributed by atoms with E-state index in [1.165, 1.54) is 24.3 Å². The predicted octanol–water partition coefficient (Wildman–Crippen LogP) is 2.65. The van der Waals surface area contributed by atoms with Crippen LogP contribution in [0.15, 0.2) is 6.07 Å². The number of aromatic nitrogens is 2. The third-order valence-electron chi connectivity index (χ3n) is 4.91. The minimum atomic E-state index is -2.22. The van der Waals surface area contributed by atoms with Crippen molar-refractivity contribution in [1.82, 2.24) is 9.97 Å². The molecule has 0 bridgehead atoms. The van der Waals surface area contributed by atoms with Crippen LogP contribution in [0, 0.1) is 104 Å². The first-order chi connectivity index (χ1) is 18.0. The normalized spacial score (nSPS) is 11.9. The Morgan fingerprint density at radius 2 is 0.947 bits per heavy atom. The van der Waals surface area contributed by atoms with Gasteiger partial charge in [-0.1, -0.05) is 0 Å². The van der Waals surface area contributed by atoms with E-state index in [4.69, 9.17) is 0 Å². The van der Waals surface area contributed by atoms with Crippen LogP contribution in [0.4, 0.5) is 35.1 Å². The Labute approximate surface area is 204 Å². The van der Waals surface area contributed by atoms with Crippen molar-refractivity contribution in [2.75, 3.05) is 0 Å². The summed E-state index contributed by atoms with van der Waals surface area (Å²) in [4.78, 5) is 4.62. The Kier molecular flexibility index (Phi) is 7.06. The van der Waals surface area contributed by atoms with Crippen molar-refractivity contribution >= 4 is 11.1 Å². The quantitative estimate of drug-likeness (QED) is 0.368. The van der Waals surface area contributed by atoms with Gasteiger partial charge in [-0.15, -0.1) is 0 Å². The van der Waals surface area contributed by atoms with Crippen molar-refractivity contribution in [2.24, 2.45) is 0 Å². The number of nitrogens with zero attached hydrogens (tertiary/aromatic N) is 7. The van der Waals surface area contributed by atoms with Crippen LogP contribution in [-0.2, 0) is 0 Å². The molecule has 0 fully saturated rings. The third-order valence-corrected chi connectivity index (χ3v) is 4.91. The van der Waals surface area contributed by atoms with E-state index in [1.807, 2.05) is 0 Å². The van der Waals surface area contributed by atoms with Gasteiger partial charge in [0.25, 0.3) is 23.8 Å². The second-order valence-corrected chi connectivity index (χ2v) is 6.80. The maximum absolute atomic E-state index is 14.4. The van der Waals surface area contributed by atoms with Crippen molar-refractivity contribution < 1.29 is 35.1 Å². The van der Waals surface area contributed by atoms with Gasteiger partial charge in [-0.3, -0.25) is 0 Å². The van der Waals surface area contributed by atoms with Crippen LogP contribution in [-0.4, -0.2) is 9.97 Å². The molecule has 0 saturated carbocycles. The number of pyridine rings is 2. The number of benzene rings is 1. The number of nitriles is 5. The maximum atomic E-state index is 14.4. The summed E-state index contributed by atoms with van der Waals surface area (Å²) < 4.78 is 112. The molecule has 0 aliphatic carbocycles. The summed E-state index contributed by atoms with van der Waals surface area (Å²) in [7, 11) is 0. The van der Waals surface area contributed by atoms with Crippen LogP contribution in [0.1, 0.15) is 27.8 Å². The Hall–Kier alpha value is -5.85. The summed E-state index contributed by atoms with van der Waals surface area (Å²) in [6.07, 6.45) is 0. The molecule has 2 heterocycles. The number of hydrogen-bond acceptors (Lipinski definition) is 7. The molecule has 38 heavy (non-hydrogen) atoms. The Morgan fingerprint density at radius 3 is 1.29 bits per heavy atom. The van der Waals surface area contributed by atoms with Crippen LogP contribution in [0.3, 0.4) is 0 Å². The largest absolute Gasteiger partial charge is 0.252 e. The van der Waals surface area contributed by atoms with Crippen molar-refractivity contribution in [3.05, 3.63) is 91.4 Å². The maximum Gasteiger partial charge on any atom is 0.252 e. The van der Waals surface area contributed by atoms with E-state index >= 15 is 0 Å². The number of rotatable bonds is 2. The van der Waals surface area contributed by atoms with Crippen LogP contribution < -0.4 is 10.4 Å². The van der Waals surface area contributed by atoms with Gasteiger partial charge < -0.3 is 0 Å². The SMILES string of the molecule is N#C/C(c1c(F)c(F)nc(F)c1F)=c1/c(C#N)c/c(=C(\C#N)c2c(F)c(F)nc(F)c2F)c(C#N)c1C#N. The minimum Gasteiger partial charge on any atom is -0.201 e. The Morgan fingerprint density at radius 1 is 0.553 bits per heavy atom. The molecule has 0 saturated heterocycles. The highest BCUT2D eigenvalue weighted by atomic mass is 19.2. The Balaban J connectivity index is 2.79. The van der Waals surface area contributed by atoms with Gasteiger partial charge in [0.05, 0.1) is 45.0 Å². The monoisotopic (exact) mass is 527 g/mol. The first-order valence-electron chi connectivity index (χ1n) is 9.35. The van der Waals surface area contributed by atoms with E-state index in [2.05, 4.69) is 9.97 Å². The highest BCUT2D eigenvalue weighted by molar-refractivity contribution is 5.83. The summed E-state index contributed by atoms with van der Waals surface area (Å²) in [6.45, 7) is 0. The van der Waals surface area contributed by atoms with Gasteiger partial charge in [0, 0.05) is 10.4 Å². The van der Waals surface area contributed by atoms with E-state index in [0.717, 1.165) is 6.07 Å². The molecule has 3 rings (SSSR count). The zero-order valence-electron chi connectivity index (χ0n) is 17.7. The average molecular weight is 527 g/mol. The topological polar surface area (TPSA) is 145 Å². The zero-order valence-corrected chi connectivity index (χ0v) is 17.7. The molecule has 0 amide bonds. The summed E-state index contributed by atoms with van der Waals surface area (Å²) >= 11 is 0. The van der Waals surface area contributed by atoms with Gasteiger partial charge >= 0.3 is 0 Å². The van der Waals surface area contributed by atoms with Gasteiger partial charge in [-0.25, -0.2) is 17.6 Å². The summed E-state index contributed by atoms with van der Waals surface area (Å²) in [5.41, 5.74) is -9.29. The second-order valence-electron chi connectivity index (χ2n) is 6.80. The fourth-order valence-electron chi connectivity index (χ4n) is 3.36. The molecule has 0 atom stereocenters. The Bertz CT molecular complexity index is 1860. The van der Waals surface area contributed by atoms with E-state index in [9.17, 15) is 61.4 Å². The molecule has 184 valence electrons. The van der Waals surface area contributed by atoms with Crippen LogP contribution in [0.25, 0.3) is 11.1 Å². The molecule has 0 radical (unpaired) electrons. The average Bonchev–Trinajstić information content (AvgIpc) is 2.90. The molecule has 0 aliphatic heterocycles. The zero-order chi connectivity index (χ0) is 28.5. The van der Waals surface area contributed by atoms with Gasteiger partial charge in [-0.2, -0.15) is 53.8 Å². The number of hydrogen-bond donors (Lipinski definition) is 0. The molecule has 15 heteroatoms. The van der Waals surface area contributed by atoms with E-state index in [0.29, 0.717) is 6.07 Å². The summed E-state index contributed by atoms with van der Waals surface area (Å²) in [6, 6.07) is 6.75. The fraction of sp³-hybridized carbons (Fsp3) is 0. The lowest BCUT2D eigenvalue weighted by atomic mass is 9.91. The molecule has 0 aliphatic rings. The van der Waals surface area contributed by atoms with Crippen LogP contribution in [0.5, 0.6) is 0 Å². The molecular weight excluding hydrogens is 526 g/mol. The molecule has 1 aromatic carbocycles. The van der Waals surface area contributed by atoms with Gasteiger partial charge in [0.2, 0.25) is 0 Å². The molecule has 2 aromatic heterocycles. The van der Waals surface area contributed by atoms with E-state index in [-0.39, 0.29) is 0 Å². The van der Waals surface area contributed by atoms with Crippen LogP contribution in [0.2, 0.25) is 0 Å². The number of halogens is 8. The lowest BCUT2D eigenvalue weighted by Gasteiger charge is -2.10. The lowest BCUT2D eigenvalue weighted by molar-refractivity contribution is 0.404. The van der Waals surface area contributed by atoms with Crippen molar-refractivity contribution in [3.8, 4) is 30.3 Å². The minimum absolute atomic E-state index is 0.434. The van der Waals surface area contributed by atoms with Gasteiger partial charge in [0.1, 0.15) is 24.3 Å². The fourth-order valence-corrected chi connectivity index (χ4v) is 3.36. The highest BCUT2D eigenvalue weighted by Crippen LogP contribution is 2.25.